The van der Waals surface area contributed by atoms with E-state index in [1.54, 1.807) is 31.2 Å². The number of phenolic OH excluding ortho intramolecular Hbond substituents is 1. The molecule has 1 amide bonds. The summed E-state index contributed by atoms with van der Waals surface area (Å²) in [5, 5.41) is 21.3. The lowest BCUT2D eigenvalue weighted by atomic mass is 10.1. The van der Waals surface area contributed by atoms with Crippen LogP contribution in [0.4, 0.5) is 11.4 Å². The van der Waals surface area contributed by atoms with Crippen LogP contribution >= 0.6 is 0 Å². The number of nitrogens with two attached hydrogens (primary N) is 1. The van der Waals surface area contributed by atoms with E-state index < -0.39 is 0 Å². The summed E-state index contributed by atoms with van der Waals surface area (Å²) in [4.78, 5) is 12.2. The van der Waals surface area contributed by atoms with E-state index in [4.69, 9.17) is 11.0 Å². The summed E-state index contributed by atoms with van der Waals surface area (Å²) in [6.45, 7) is 1.65. The van der Waals surface area contributed by atoms with E-state index in [1.165, 1.54) is 12.1 Å². The standard InChI is InChI=1S/C15H13N3O2/c1-9-12(3-2-4-14(9)19)15(20)18-13-6-5-11(17)7-10(13)8-16/h2-7,19H,17H2,1H3,(H,18,20). The summed E-state index contributed by atoms with van der Waals surface area (Å²) in [5.41, 5.74) is 7.55. The number of benzene rings is 2. The Morgan fingerprint density at radius 2 is 2.10 bits per heavy atom. The highest BCUT2D eigenvalue weighted by Crippen LogP contribution is 2.22. The lowest BCUT2D eigenvalue weighted by molar-refractivity contribution is 0.102. The van der Waals surface area contributed by atoms with Gasteiger partial charge in [0, 0.05) is 16.8 Å². The molecule has 0 aliphatic carbocycles. The molecule has 2 rings (SSSR count). The van der Waals surface area contributed by atoms with Crippen LogP contribution in [0.15, 0.2) is 36.4 Å². The van der Waals surface area contributed by atoms with E-state index in [0.29, 0.717) is 22.5 Å². The topological polar surface area (TPSA) is 99.1 Å². The third-order valence-electron chi connectivity index (χ3n) is 2.96. The van der Waals surface area contributed by atoms with Gasteiger partial charge in [-0.15, -0.1) is 0 Å². The van der Waals surface area contributed by atoms with Crippen LogP contribution in [0, 0.1) is 18.3 Å². The van der Waals surface area contributed by atoms with Crippen molar-refractivity contribution in [3.05, 3.63) is 53.1 Å². The van der Waals surface area contributed by atoms with Gasteiger partial charge < -0.3 is 16.2 Å². The molecule has 0 aliphatic rings. The van der Waals surface area contributed by atoms with Crippen molar-refractivity contribution in [2.45, 2.75) is 6.92 Å². The number of phenols is 1. The lowest BCUT2D eigenvalue weighted by Gasteiger charge is -2.10. The van der Waals surface area contributed by atoms with Crippen LogP contribution in [0.25, 0.3) is 0 Å². The summed E-state index contributed by atoms with van der Waals surface area (Å²) in [7, 11) is 0. The van der Waals surface area contributed by atoms with E-state index >= 15 is 0 Å². The average molecular weight is 267 g/mol. The van der Waals surface area contributed by atoms with Gasteiger partial charge in [0.25, 0.3) is 5.91 Å². The Hall–Kier alpha value is -3.00. The van der Waals surface area contributed by atoms with Gasteiger partial charge in [0.1, 0.15) is 11.8 Å². The number of nitrogens with one attached hydrogen (secondary N) is 1. The molecule has 0 saturated heterocycles. The fourth-order valence-electron chi connectivity index (χ4n) is 1.82. The molecule has 0 radical (unpaired) electrons. The van der Waals surface area contributed by atoms with Gasteiger partial charge >= 0.3 is 0 Å². The molecule has 5 heteroatoms. The normalized spacial score (nSPS) is 9.80. The number of hydrogen-bond donors (Lipinski definition) is 3. The molecular formula is C15H13N3O2. The van der Waals surface area contributed by atoms with Crippen LogP contribution in [0.1, 0.15) is 21.5 Å². The molecule has 0 spiro atoms. The maximum absolute atomic E-state index is 12.2. The van der Waals surface area contributed by atoms with E-state index in [-0.39, 0.29) is 17.2 Å². The van der Waals surface area contributed by atoms with Gasteiger partial charge in [-0.25, -0.2) is 0 Å². The summed E-state index contributed by atoms with van der Waals surface area (Å²) in [5.74, 6) is -0.338. The van der Waals surface area contributed by atoms with Crippen LogP contribution in [0.5, 0.6) is 5.75 Å². The molecule has 5 nitrogen and oxygen atoms in total. The van der Waals surface area contributed by atoms with Gasteiger partial charge in [-0.2, -0.15) is 5.26 Å². The molecule has 0 atom stereocenters. The van der Waals surface area contributed by atoms with Crippen molar-refractivity contribution in [2.24, 2.45) is 0 Å². The van der Waals surface area contributed by atoms with Gasteiger partial charge in [0.15, 0.2) is 0 Å². The molecule has 4 N–H and O–H groups in total. The third kappa shape index (κ3) is 2.54. The zero-order valence-electron chi connectivity index (χ0n) is 10.8. The number of carbonyl (C=O) groups excluding carboxylic acids is 1. The number of nitrogen functional groups attached to an aromatic ring is 1. The van der Waals surface area contributed by atoms with Crippen LogP contribution in [0.3, 0.4) is 0 Å². The maximum Gasteiger partial charge on any atom is 0.256 e. The predicted octanol–water partition coefficient (Wildman–Crippen LogP) is 2.41. The minimum Gasteiger partial charge on any atom is -0.508 e. The molecule has 2 aromatic rings. The Labute approximate surface area is 116 Å². The van der Waals surface area contributed by atoms with Gasteiger partial charge in [0.2, 0.25) is 0 Å². The fraction of sp³-hybridized carbons (Fsp3) is 0.0667. The molecule has 100 valence electrons. The second kappa shape index (κ2) is 5.33. The molecule has 0 fully saturated rings. The van der Waals surface area contributed by atoms with Crippen molar-refractivity contribution in [1.82, 2.24) is 0 Å². The zero-order valence-corrected chi connectivity index (χ0v) is 10.8. The van der Waals surface area contributed by atoms with Crippen molar-refractivity contribution in [1.29, 1.82) is 5.26 Å². The number of hydrogen-bond acceptors (Lipinski definition) is 4. The first-order valence-electron chi connectivity index (χ1n) is 5.92. The van der Waals surface area contributed by atoms with Gasteiger partial charge in [-0.3, -0.25) is 4.79 Å². The van der Waals surface area contributed by atoms with Crippen molar-refractivity contribution < 1.29 is 9.90 Å². The molecule has 0 bridgehead atoms. The second-order valence-electron chi connectivity index (χ2n) is 4.32. The Balaban J connectivity index is 2.33. The second-order valence-corrected chi connectivity index (χ2v) is 4.32. The molecule has 0 heterocycles. The minimum absolute atomic E-state index is 0.0514. The van der Waals surface area contributed by atoms with Crippen molar-refractivity contribution in [2.75, 3.05) is 11.1 Å². The van der Waals surface area contributed by atoms with Crippen LogP contribution in [0.2, 0.25) is 0 Å². The SMILES string of the molecule is Cc1c(O)cccc1C(=O)Nc1ccc(N)cc1C#N. The summed E-state index contributed by atoms with van der Waals surface area (Å²) >= 11 is 0. The monoisotopic (exact) mass is 267 g/mol. The van der Waals surface area contributed by atoms with Crippen molar-refractivity contribution >= 4 is 17.3 Å². The average Bonchev–Trinajstić information content (AvgIpc) is 2.43. The third-order valence-corrected chi connectivity index (χ3v) is 2.96. The fourth-order valence-corrected chi connectivity index (χ4v) is 1.82. The van der Waals surface area contributed by atoms with Gasteiger partial charge in [-0.05, 0) is 37.3 Å². The molecule has 0 unspecified atom stereocenters. The first-order chi connectivity index (χ1) is 9.52. The summed E-state index contributed by atoms with van der Waals surface area (Å²) in [6.07, 6.45) is 0. The van der Waals surface area contributed by atoms with E-state index in [1.807, 2.05) is 6.07 Å². The Kier molecular flexibility index (Phi) is 3.58. The number of rotatable bonds is 2. The van der Waals surface area contributed by atoms with E-state index in [2.05, 4.69) is 5.32 Å². The van der Waals surface area contributed by atoms with Gasteiger partial charge in [-0.1, -0.05) is 6.07 Å². The van der Waals surface area contributed by atoms with Crippen LogP contribution in [-0.2, 0) is 0 Å². The van der Waals surface area contributed by atoms with Crippen molar-refractivity contribution in [3.8, 4) is 11.8 Å². The molecule has 2 aromatic carbocycles. The molecule has 20 heavy (non-hydrogen) atoms. The highest BCUT2D eigenvalue weighted by atomic mass is 16.3. The zero-order chi connectivity index (χ0) is 14.7. The molecule has 0 aromatic heterocycles. The maximum atomic E-state index is 12.2. The number of carbonyl (C=O) groups is 1. The number of nitriles is 1. The Morgan fingerprint density at radius 3 is 2.80 bits per heavy atom. The Morgan fingerprint density at radius 1 is 1.35 bits per heavy atom. The predicted molar refractivity (Wildman–Crippen MR) is 76.4 cm³/mol. The number of nitrogens with zero attached hydrogens (tertiary/aromatic N) is 1. The largest absolute Gasteiger partial charge is 0.508 e. The highest BCUT2D eigenvalue weighted by Gasteiger charge is 2.13. The van der Waals surface area contributed by atoms with Crippen LogP contribution in [-0.4, -0.2) is 11.0 Å². The lowest BCUT2D eigenvalue weighted by Crippen LogP contribution is -2.14. The summed E-state index contributed by atoms with van der Waals surface area (Å²) < 4.78 is 0. The number of anilines is 2. The first kappa shape index (κ1) is 13.4. The van der Waals surface area contributed by atoms with Crippen molar-refractivity contribution in [3.63, 3.8) is 0 Å². The quantitative estimate of drug-likeness (QED) is 0.727. The van der Waals surface area contributed by atoms with E-state index in [9.17, 15) is 9.90 Å². The smallest absolute Gasteiger partial charge is 0.256 e. The highest BCUT2D eigenvalue weighted by molar-refractivity contribution is 6.06. The summed E-state index contributed by atoms with van der Waals surface area (Å²) in [6, 6.07) is 11.3. The first-order valence-corrected chi connectivity index (χ1v) is 5.92. The van der Waals surface area contributed by atoms with Gasteiger partial charge in [0.05, 0.1) is 11.3 Å². The molecule has 0 aliphatic heterocycles. The number of aromatic hydroxyl groups is 1. The van der Waals surface area contributed by atoms with E-state index in [0.717, 1.165) is 0 Å². The van der Waals surface area contributed by atoms with Crippen LogP contribution < -0.4 is 11.1 Å². The minimum atomic E-state index is -0.389. The number of amides is 1. The molecule has 0 saturated carbocycles. The Bertz CT molecular complexity index is 718. The molecular weight excluding hydrogens is 254 g/mol.